The Bertz CT molecular complexity index is 652. The molecule has 1 aliphatic heterocycles. The molecule has 1 unspecified atom stereocenters. The normalized spacial score (nSPS) is 18.7. The molecule has 10 heteroatoms. The van der Waals surface area contributed by atoms with Crippen molar-refractivity contribution in [3.8, 4) is 5.75 Å². The Morgan fingerprint density at radius 1 is 1.45 bits per heavy atom. The zero-order valence-electron chi connectivity index (χ0n) is 12.2. The molecule has 2 rings (SSSR count). The predicted molar refractivity (Wildman–Crippen MR) is 83.1 cm³/mol. The maximum Gasteiger partial charge on any atom is 0.312 e. The Balaban J connectivity index is 0.00000242. The van der Waals surface area contributed by atoms with Gasteiger partial charge >= 0.3 is 5.69 Å². The molecule has 0 amide bonds. The predicted octanol–water partition coefficient (Wildman–Crippen LogP) is 1.01. The van der Waals surface area contributed by atoms with Gasteiger partial charge in [0, 0.05) is 25.2 Å². The van der Waals surface area contributed by atoms with Crippen LogP contribution in [-0.2, 0) is 10.0 Å². The lowest BCUT2D eigenvalue weighted by atomic mass is 10.3. The van der Waals surface area contributed by atoms with Crippen LogP contribution in [0.1, 0.15) is 6.42 Å². The van der Waals surface area contributed by atoms with E-state index < -0.39 is 14.9 Å². The summed E-state index contributed by atoms with van der Waals surface area (Å²) in [4.78, 5) is 10.2. The molecule has 0 saturated carbocycles. The molecule has 1 aromatic rings. The third kappa shape index (κ3) is 3.49. The van der Waals surface area contributed by atoms with Crippen molar-refractivity contribution in [2.45, 2.75) is 17.4 Å². The van der Waals surface area contributed by atoms with Gasteiger partial charge in [-0.3, -0.25) is 10.1 Å². The van der Waals surface area contributed by atoms with E-state index in [2.05, 4.69) is 5.32 Å². The molecule has 1 fully saturated rings. The van der Waals surface area contributed by atoms with Gasteiger partial charge in [-0.1, -0.05) is 0 Å². The zero-order valence-corrected chi connectivity index (χ0v) is 13.8. The fourth-order valence-corrected chi connectivity index (χ4v) is 3.82. The van der Waals surface area contributed by atoms with Crippen LogP contribution in [-0.4, -0.2) is 50.9 Å². The molecule has 0 spiro atoms. The second kappa shape index (κ2) is 7.23. The minimum absolute atomic E-state index is 0. The van der Waals surface area contributed by atoms with Crippen molar-refractivity contribution in [2.75, 3.05) is 27.2 Å². The van der Waals surface area contributed by atoms with Gasteiger partial charge in [0.25, 0.3) is 0 Å². The smallest absolute Gasteiger partial charge is 0.312 e. The average molecular weight is 352 g/mol. The first-order valence-electron chi connectivity index (χ1n) is 6.40. The van der Waals surface area contributed by atoms with Crippen LogP contribution < -0.4 is 10.1 Å². The van der Waals surface area contributed by atoms with Crippen LogP contribution in [0.25, 0.3) is 0 Å². The van der Waals surface area contributed by atoms with Gasteiger partial charge in [0.15, 0.2) is 5.75 Å². The molecule has 1 aliphatic rings. The van der Waals surface area contributed by atoms with Crippen molar-refractivity contribution >= 4 is 28.1 Å². The fourth-order valence-electron chi connectivity index (χ4n) is 2.30. The summed E-state index contributed by atoms with van der Waals surface area (Å²) >= 11 is 0. The summed E-state index contributed by atoms with van der Waals surface area (Å²) in [6, 6.07) is 3.78. The maximum atomic E-state index is 12.5. The summed E-state index contributed by atoms with van der Waals surface area (Å²) in [6.45, 7) is 0.756. The number of methoxy groups -OCH3 is 1. The molecular formula is C12H18ClN3O5S. The number of nitrogens with one attached hydrogen (secondary N) is 1. The van der Waals surface area contributed by atoms with Gasteiger partial charge in [0.2, 0.25) is 10.0 Å². The molecule has 1 N–H and O–H groups in total. The Morgan fingerprint density at radius 2 is 2.14 bits per heavy atom. The molecule has 1 atom stereocenters. The number of ether oxygens (including phenoxy) is 1. The number of likely N-dealkylation sites (N-methyl/N-ethyl adjacent to an activating group) is 1. The molecule has 0 aromatic heterocycles. The van der Waals surface area contributed by atoms with Gasteiger partial charge in [-0.2, -0.15) is 4.31 Å². The van der Waals surface area contributed by atoms with Crippen molar-refractivity contribution in [1.29, 1.82) is 0 Å². The Hall–Kier alpha value is -1.42. The van der Waals surface area contributed by atoms with E-state index in [0.717, 1.165) is 6.07 Å². The third-order valence-corrected chi connectivity index (χ3v) is 5.41. The van der Waals surface area contributed by atoms with Gasteiger partial charge in [-0.05, 0) is 25.6 Å². The SMILES string of the molecule is CNC1CCN(S(=O)(=O)c2ccc(OC)c([N+](=O)[O-])c2)C1.Cl. The van der Waals surface area contributed by atoms with Crippen molar-refractivity contribution in [1.82, 2.24) is 9.62 Å². The summed E-state index contributed by atoms with van der Waals surface area (Å²) in [5.41, 5.74) is -0.358. The number of nitro groups is 1. The highest BCUT2D eigenvalue weighted by Gasteiger charge is 2.33. The number of hydrogen-bond acceptors (Lipinski definition) is 6. The molecule has 1 aromatic carbocycles. The summed E-state index contributed by atoms with van der Waals surface area (Å²) in [5, 5.41) is 14.0. The van der Waals surface area contributed by atoms with E-state index in [-0.39, 0.29) is 34.8 Å². The van der Waals surface area contributed by atoms with E-state index in [4.69, 9.17) is 4.74 Å². The Labute approximate surface area is 135 Å². The van der Waals surface area contributed by atoms with E-state index in [1.165, 1.54) is 23.5 Å². The van der Waals surface area contributed by atoms with Crippen molar-refractivity contribution < 1.29 is 18.1 Å². The fraction of sp³-hybridized carbons (Fsp3) is 0.500. The summed E-state index contributed by atoms with van der Waals surface area (Å²) < 4.78 is 31.2. The number of nitro benzene ring substituents is 1. The number of benzene rings is 1. The van der Waals surface area contributed by atoms with Gasteiger partial charge < -0.3 is 10.1 Å². The monoisotopic (exact) mass is 351 g/mol. The van der Waals surface area contributed by atoms with Gasteiger partial charge in [-0.25, -0.2) is 8.42 Å². The lowest BCUT2D eigenvalue weighted by molar-refractivity contribution is -0.386. The van der Waals surface area contributed by atoms with Gasteiger partial charge in [0.05, 0.1) is 16.9 Å². The first-order chi connectivity index (χ1) is 9.90. The van der Waals surface area contributed by atoms with Crippen molar-refractivity contribution in [3.63, 3.8) is 0 Å². The van der Waals surface area contributed by atoms with Crippen LogP contribution in [0.15, 0.2) is 23.1 Å². The minimum atomic E-state index is -3.73. The van der Waals surface area contributed by atoms with E-state index in [0.29, 0.717) is 19.5 Å². The number of rotatable bonds is 5. The Kier molecular flexibility index (Phi) is 6.12. The lowest BCUT2D eigenvalue weighted by Crippen LogP contribution is -2.33. The van der Waals surface area contributed by atoms with Crippen molar-refractivity contribution in [3.05, 3.63) is 28.3 Å². The topological polar surface area (TPSA) is 102 Å². The number of hydrogen-bond donors (Lipinski definition) is 1. The first-order valence-corrected chi connectivity index (χ1v) is 7.84. The zero-order chi connectivity index (χ0) is 15.6. The summed E-state index contributed by atoms with van der Waals surface area (Å²) in [5.74, 6) is 0.0356. The molecule has 124 valence electrons. The highest BCUT2D eigenvalue weighted by Crippen LogP contribution is 2.31. The van der Waals surface area contributed by atoms with Crippen molar-refractivity contribution in [2.24, 2.45) is 0 Å². The van der Waals surface area contributed by atoms with Crippen LogP contribution in [0.2, 0.25) is 0 Å². The van der Waals surface area contributed by atoms with Crippen LogP contribution in [0, 0.1) is 10.1 Å². The van der Waals surface area contributed by atoms with E-state index in [9.17, 15) is 18.5 Å². The summed E-state index contributed by atoms with van der Waals surface area (Å²) in [6.07, 6.45) is 0.716. The molecule has 0 radical (unpaired) electrons. The minimum Gasteiger partial charge on any atom is -0.490 e. The van der Waals surface area contributed by atoms with E-state index in [1.807, 2.05) is 0 Å². The van der Waals surface area contributed by atoms with Crippen LogP contribution in [0.5, 0.6) is 5.75 Å². The molecule has 1 heterocycles. The summed E-state index contributed by atoms with van der Waals surface area (Å²) in [7, 11) is -0.652. The first kappa shape index (κ1) is 18.6. The third-order valence-electron chi connectivity index (χ3n) is 3.54. The molecule has 1 saturated heterocycles. The maximum absolute atomic E-state index is 12.5. The highest BCUT2D eigenvalue weighted by atomic mass is 35.5. The number of nitrogens with zero attached hydrogens (tertiary/aromatic N) is 2. The van der Waals surface area contributed by atoms with Gasteiger partial charge in [0.1, 0.15) is 0 Å². The average Bonchev–Trinajstić information content (AvgIpc) is 2.96. The molecule has 8 nitrogen and oxygen atoms in total. The van der Waals surface area contributed by atoms with E-state index >= 15 is 0 Å². The van der Waals surface area contributed by atoms with E-state index in [1.54, 1.807) is 7.05 Å². The molecule has 0 bridgehead atoms. The molecular weight excluding hydrogens is 334 g/mol. The quantitative estimate of drug-likeness (QED) is 0.627. The van der Waals surface area contributed by atoms with Crippen LogP contribution >= 0.6 is 12.4 Å². The molecule has 22 heavy (non-hydrogen) atoms. The second-order valence-electron chi connectivity index (χ2n) is 4.73. The molecule has 0 aliphatic carbocycles. The largest absolute Gasteiger partial charge is 0.490 e. The van der Waals surface area contributed by atoms with Crippen LogP contribution in [0.3, 0.4) is 0 Å². The van der Waals surface area contributed by atoms with Crippen LogP contribution in [0.4, 0.5) is 5.69 Å². The lowest BCUT2D eigenvalue weighted by Gasteiger charge is -2.16. The number of halogens is 1. The van der Waals surface area contributed by atoms with Gasteiger partial charge in [-0.15, -0.1) is 12.4 Å². The second-order valence-corrected chi connectivity index (χ2v) is 6.67. The standard InChI is InChI=1S/C12H17N3O5S.ClH/c1-13-9-5-6-14(8-9)21(18,19)10-3-4-12(20-2)11(7-10)15(16)17;/h3-4,7,9,13H,5-6,8H2,1-2H3;1H. The number of sulfonamides is 1. The highest BCUT2D eigenvalue weighted by molar-refractivity contribution is 7.89. The Morgan fingerprint density at radius 3 is 2.64 bits per heavy atom.